The van der Waals surface area contributed by atoms with Crippen LogP contribution in [-0.4, -0.2) is 33.5 Å². The molecule has 4 aromatic rings. The van der Waals surface area contributed by atoms with Crippen LogP contribution in [0.3, 0.4) is 0 Å². The molecule has 0 unspecified atom stereocenters. The molecule has 0 radical (unpaired) electrons. The number of fused-ring (bicyclic) bond motifs is 1. The van der Waals surface area contributed by atoms with Crippen LogP contribution in [0.15, 0.2) is 56.6 Å². The molecule has 0 bridgehead atoms. The lowest BCUT2D eigenvalue weighted by Crippen LogP contribution is -2.39. The van der Waals surface area contributed by atoms with Crippen LogP contribution in [0.4, 0.5) is 0 Å². The summed E-state index contributed by atoms with van der Waals surface area (Å²) in [7, 11) is 3.11. The normalized spacial score (nSPS) is 13.5. The van der Waals surface area contributed by atoms with Gasteiger partial charge >= 0.3 is 5.69 Å². The molecule has 0 N–H and O–H groups in total. The maximum Gasteiger partial charge on any atom is 0.332 e. The number of methoxy groups -OCH3 is 2. The molecule has 0 atom stereocenters. The van der Waals surface area contributed by atoms with Crippen LogP contribution in [0.2, 0.25) is 0 Å². The summed E-state index contributed by atoms with van der Waals surface area (Å²) in [6.45, 7) is 0.0621. The number of nitrogens with zero attached hydrogens (tertiary/aromatic N) is 4. The van der Waals surface area contributed by atoms with Crippen molar-refractivity contribution in [1.82, 2.24) is 19.3 Å². The van der Waals surface area contributed by atoms with Gasteiger partial charge in [-0.25, -0.2) is 4.79 Å². The molecule has 1 fully saturated rings. The van der Waals surface area contributed by atoms with E-state index in [0.717, 1.165) is 12.8 Å². The Kier molecular flexibility index (Phi) is 4.58. The zero-order valence-corrected chi connectivity index (χ0v) is 17.1. The summed E-state index contributed by atoms with van der Waals surface area (Å²) < 4.78 is 18.9. The van der Waals surface area contributed by atoms with Gasteiger partial charge in [-0.15, -0.1) is 0 Å². The highest BCUT2D eigenvalue weighted by molar-refractivity contribution is 5.78. The molecular weight excluding hydrogens is 400 g/mol. The molecule has 9 nitrogen and oxygen atoms in total. The van der Waals surface area contributed by atoms with Crippen LogP contribution >= 0.6 is 0 Å². The van der Waals surface area contributed by atoms with Crippen molar-refractivity contribution in [3.8, 4) is 22.9 Å². The van der Waals surface area contributed by atoms with Crippen molar-refractivity contribution in [2.45, 2.75) is 25.4 Å². The lowest BCUT2D eigenvalue weighted by Gasteiger charge is -2.12. The average Bonchev–Trinajstić information content (AvgIpc) is 3.52. The van der Waals surface area contributed by atoms with E-state index in [4.69, 9.17) is 14.0 Å². The first kappa shape index (κ1) is 19.1. The number of rotatable bonds is 6. The van der Waals surface area contributed by atoms with Gasteiger partial charge in [-0.05, 0) is 43.2 Å². The number of benzene rings is 2. The molecule has 2 heterocycles. The van der Waals surface area contributed by atoms with E-state index in [2.05, 4.69) is 10.1 Å². The van der Waals surface area contributed by atoms with Crippen LogP contribution in [-0.2, 0) is 6.54 Å². The Bertz CT molecular complexity index is 1400. The van der Waals surface area contributed by atoms with Crippen molar-refractivity contribution in [2.24, 2.45) is 0 Å². The monoisotopic (exact) mass is 420 g/mol. The Labute approximate surface area is 176 Å². The van der Waals surface area contributed by atoms with Crippen LogP contribution in [0.25, 0.3) is 22.3 Å². The standard InChI is InChI=1S/C22H20N4O5/c1-29-17-10-7-13(11-18(17)30-2)20-23-19(31-24-20)12-25-16-6-4-3-5-15(16)21(27)26(22(25)28)14-8-9-14/h3-7,10-11,14H,8-9,12H2,1-2H3. The summed E-state index contributed by atoms with van der Waals surface area (Å²) in [5.41, 5.74) is 0.612. The Hall–Kier alpha value is -3.88. The van der Waals surface area contributed by atoms with E-state index < -0.39 is 0 Å². The fourth-order valence-electron chi connectivity index (χ4n) is 3.69. The molecule has 5 rings (SSSR count). The third-order valence-electron chi connectivity index (χ3n) is 5.40. The molecule has 2 aromatic heterocycles. The minimum Gasteiger partial charge on any atom is -0.493 e. The molecular formula is C22H20N4O5. The first-order valence-electron chi connectivity index (χ1n) is 9.89. The van der Waals surface area contributed by atoms with Crippen LogP contribution < -0.4 is 20.7 Å². The van der Waals surface area contributed by atoms with Crippen molar-refractivity contribution in [3.63, 3.8) is 0 Å². The van der Waals surface area contributed by atoms with Gasteiger partial charge in [0.2, 0.25) is 11.7 Å². The highest BCUT2D eigenvalue weighted by Crippen LogP contribution is 2.33. The molecule has 9 heteroatoms. The number of hydrogen-bond donors (Lipinski definition) is 0. The topological polar surface area (TPSA) is 101 Å². The summed E-state index contributed by atoms with van der Waals surface area (Å²) in [4.78, 5) is 30.4. The predicted molar refractivity (Wildman–Crippen MR) is 113 cm³/mol. The molecule has 1 aliphatic rings. The van der Waals surface area contributed by atoms with Crippen molar-refractivity contribution < 1.29 is 14.0 Å². The van der Waals surface area contributed by atoms with Gasteiger partial charge in [0.15, 0.2) is 11.5 Å². The molecule has 31 heavy (non-hydrogen) atoms. The zero-order valence-electron chi connectivity index (χ0n) is 17.1. The quantitative estimate of drug-likeness (QED) is 0.472. The molecule has 1 saturated carbocycles. The van der Waals surface area contributed by atoms with Gasteiger partial charge in [0.25, 0.3) is 5.56 Å². The summed E-state index contributed by atoms with van der Waals surface area (Å²) in [5, 5.41) is 4.54. The van der Waals surface area contributed by atoms with Crippen LogP contribution in [0.5, 0.6) is 11.5 Å². The van der Waals surface area contributed by atoms with E-state index in [0.29, 0.717) is 33.8 Å². The summed E-state index contributed by atoms with van der Waals surface area (Å²) in [5.74, 6) is 1.77. The minimum absolute atomic E-state index is 0.0409. The Morgan fingerprint density at radius 2 is 1.84 bits per heavy atom. The second-order valence-corrected chi connectivity index (χ2v) is 7.37. The van der Waals surface area contributed by atoms with Gasteiger partial charge in [-0.2, -0.15) is 4.98 Å². The Morgan fingerprint density at radius 1 is 1.06 bits per heavy atom. The van der Waals surface area contributed by atoms with Gasteiger partial charge in [0, 0.05) is 11.6 Å². The molecule has 0 saturated heterocycles. The van der Waals surface area contributed by atoms with E-state index in [1.807, 2.05) is 0 Å². The first-order chi connectivity index (χ1) is 15.1. The van der Waals surface area contributed by atoms with Gasteiger partial charge < -0.3 is 14.0 Å². The smallest absolute Gasteiger partial charge is 0.332 e. The largest absolute Gasteiger partial charge is 0.493 e. The van der Waals surface area contributed by atoms with Crippen molar-refractivity contribution in [3.05, 3.63) is 69.2 Å². The summed E-state index contributed by atoms with van der Waals surface area (Å²) in [6.07, 6.45) is 1.66. The predicted octanol–water partition coefficient (Wildman–Crippen LogP) is 2.61. The van der Waals surface area contributed by atoms with Gasteiger partial charge in [0.1, 0.15) is 6.54 Å². The van der Waals surface area contributed by atoms with E-state index in [1.165, 1.54) is 9.13 Å². The Morgan fingerprint density at radius 3 is 2.58 bits per heavy atom. The fraction of sp³-hybridized carbons (Fsp3) is 0.273. The first-order valence-corrected chi connectivity index (χ1v) is 9.89. The van der Waals surface area contributed by atoms with Crippen LogP contribution in [0.1, 0.15) is 24.8 Å². The number of ether oxygens (including phenoxy) is 2. The molecule has 0 amide bonds. The second kappa shape index (κ2) is 7.42. The molecule has 0 spiro atoms. The third kappa shape index (κ3) is 3.27. The third-order valence-corrected chi connectivity index (χ3v) is 5.40. The van der Waals surface area contributed by atoms with Crippen molar-refractivity contribution in [2.75, 3.05) is 14.2 Å². The molecule has 0 aliphatic heterocycles. The Balaban J connectivity index is 1.56. The van der Waals surface area contributed by atoms with Gasteiger partial charge in [-0.1, -0.05) is 17.3 Å². The molecule has 158 valence electrons. The molecule has 1 aliphatic carbocycles. The maximum absolute atomic E-state index is 13.1. The summed E-state index contributed by atoms with van der Waals surface area (Å²) >= 11 is 0. The highest BCUT2D eigenvalue weighted by Gasteiger charge is 2.29. The SMILES string of the molecule is COc1ccc(-c2noc(Cn3c(=O)n(C4CC4)c(=O)c4ccccc43)n2)cc1OC. The van der Waals surface area contributed by atoms with Crippen LogP contribution in [0, 0.1) is 0 Å². The lowest BCUT2D eigenvalue weighted by atomic mass is 10.2. The van der Waals surface area contributed by atoms with Crippen molar-refractivity contribution >= 4 is 10.9 Å². The van der Waals surface area contributed by atoms with E-state index >= 15 is 0 Å². The van der Waals surface area contributed by atoms with Gasteiger partial charge in [-0.3, -0.25) is 13.9 Å². The minimum atomic E-state index is -0.364. The number of para-hydroxylation sites is 1. The van der Waals surface area contributed by atoms with Gasteiger partial charge in [0.05, 0.1) is 25.1 Å². The number of aromatic nitrogens is 4. The van der Waals surface area contributed by atoms with E-state index in [-0.39, 0.29) is 29.7 Å². The van der Waals surface area contributed by atoms with E-state index in [9.17, 15) is 9.59 Å². The lowest BCUT2D eigenvalue weighted by molar-refractivity contribution is 0.355. The summed E-state index contributed by atoms with van der Waals surface area (Å²) in [6, 6.07) is 12.3. The van der Waals surface area contributed by atoms with Crippen molar-refractivity contribution in [1.29, 1.82) is 0 Å². The van der Waals surface area contributed by atoms with E-state index in [1.54, 1.807) is 56.7 Å². The zero-order chi connectivity index (χ0) is 21.5. The second-order valence-electron chi connectivity index (χ2n) is 7.37. The average molecular weight is 420 g/mol. The number of hydrogen-bond acceptors (Lipinski definition) is 7. The maximum atomic E-state index is 13.1. The molecule has 2 aromatic carbocycles. The highest BCUT2D eigenvalue weighted by atomic mass is 16.5. The fourth-order valence-corrected chi connectivity index (χ4v) is 3.69.